The SMILES string of the molecule is CCCCCCC=C[C@H]1CCC(=O)[C@@H]1CCCCCCC(=O)O.O=C(O)/C=C\C(=O)O. The normalized spacial score (nSPS) is 18.3. The molecule has 0 aromatic carbocycles. The van der Waals surface area contributed by atoms with E-state index in [-0.39, 0.29) is 12.3 Å². The number of carbonyl (C=O) groups is 4. The number of ketones is 1. The molecular formula is C24H38O7. The number of carboxylic acid groups (broad SMARTS) is 3. The third kappa shape index (κ3) is 17.0. The lowest BCUT2D eigenvalue weighted by molar-refractivity contribution is -0.137. The lowest BCUT2D eigenvalue weighted by Gasteiger charge is -2.14. The van der Waals surface area contributed by atoms with Gasteiger partial charge in [-0.25, -0.2) is 9.59 Å². The van der Waals surface area contributed by atoms with Crippen LogP contribution in [0.1, 0.15) is 90.4 Å². The van der Waals surface area contributed by atoms with Gasteiger partial charge in [0.25, 0.3) is 0 Å². The van der Waals surface area contributed by atoms with E-state index in [2.05, 4.69) is 19.1 Å². The molecule has 1 aliphatic carbocycles. The van der Waals surface area contributed by atoms with Gasteiger partial charge < -0.3 is 15.3 Å². The fourth-order valence-corrected chi connectivity index (χ4v) is 3.64. The van der Waals surface area contributed by atoms with Crippen molar-refractivity contribution in [1.82, 2.24) is 0 Å². The van der Waals surface area contributed by atoms with Crippen LogP contribution in [0.15, 0.2) is 24.3 Å². The lowest BCUT2D eigenvalue weighted by atomic mass is 9.89. The molecule has 1 aliphatic rings. The summed E-state index contributed by atoms with van der Waals surface area (Å²) >= 11 is 0. The van der Waals surface area contributed by atoms with Gasteiger partial charge in [-0.2, -0.15) is 0 Å². The first kappa shape index (κ1) is 28.6. The highest BCUT2D eigenvalue weighted by atomic mass is 16.4. The molecule has 1 saturated carbocycles. The van der Waals surface area contributed by atoms with Gasteiger partial charge in [0.1, 0.15) is 5.78 Å². The quantitative estimate of drug-likeness (QED) is 0.181. The molecule has 0 aliphatic heterocycles. The summed E-state index contributed by atoms with van der Waals surface area (Å²) in [4.78, 5) is 41.6. The Bertz CT molecular complexity index is 591. The average molecular weight is 439 g/mol. The third-order valence-corrected chi connectivity index (χ3v) is 5.29. The second kappa shape index (κ2) is 18.3. The number of Topliss-reactive ketones (excluding diaryl/α,β-unsaturated/α-hetero) is 1. The molecule has 0 aromatic rings. The molecule has 0 bridgehead atoms. The summed E-state index contributed by atoms with van der Waals surface area (Å²) in [6, 6.07) is 0. The van der Waals surface area contributed by atoms with Gasteiger partial charge in [0.2, 0.25) is 0 Å². The van der Waals surface area contributed by atoms with Crippen LogP contribution < -0.4 is 0 Å². The Labute approximate surface area is 185 Å². The number of rotatable bonds is 15. The van der Waals surface area contributed by atoms with Gasteiger partial charge in [0.05, 0.1) is 0 Å². The van der Waals surface area contributed by atoms with Crippen molar-refractivity contribution < 1.29 is 34.5 Å². The minimum atomic E-state index is -1.26. The highest BCUT2D eigenvalue weighted by Crippen LogP contribution is 2.34. The van der Waals surface area contributed by atoms with Crippen LogP contribution in [0.4, 0.5) is 0 Å². The smallest absolute Gasteiger partial charge is 0.328 e. The summed E-state index contributed by atoms with van der Waals surface area (Å²) < 4.78 is 0. The zero-order chi connectivity index (χ0) is 23.5. The van der Waals surface area contributed by atoms with Crippen LogP contribution in [0.25, 0.3) is 0 Å². The first-order valence-electron chi connectivity index (χ1n) is 11.3. The summed E-state index contributed by atoms with van der Waals surface area (Å²) in [7, 11) is 0. The number of aliphatic carboxylic acids is 3. The second-order valence-corrected chi connectivity index (χ2v) is 7.91. The lowest BCUT2D eigenvalue weighted by Crippen LogP contribution is -2.13. The number of unbranched alkanes of at least 4 members (excludes halogenated alkanes) is 7. The van der Waals surface area contributed by atoms with Gasteiger partial charge in [0, 0.05) is 30.9 Å². The Morgan fingerprint density at radius 3 is 2.10 bits per heavy atom. The molecule has 0 heterocycles. The molecule has 0 spiro atoms. The molecule has 0 aromatic heterocycles. The number of hydrogen-bond donors (Lipinski definition) is 3. The Balaban J connectivity index is 0.000000954. The number of carboxylic acids is 3. The Morgan fingerprint density at radius 2 is 1.52 bits per heavy atom. The second-order valence-electron chi connectivity index (χ2n) is 7.91. The monoisotopic (exact) mass is 438 g/mol. The summed E-state index contributed by atoms with van der Waals surface area (Å²) in [6.45, 7) is 2.23. The van der Waals surface area contributed by atoms with Crippen LogP contribution in [0.5, 0.6) is 0 Å². The maximum atomic E-state index is 12.1. The van der Waals surface area contributed by atoms with Crippen molar-refractivity contribution >= 4 is 23.7 Å². The van der Waals surface area contributed by atoms with Crippen LogP contribution in [-0.2, 0) is 19.2 Å². The first-order chi connectivity index (χ1) is 14.8. The van der Waals surface area contributed by atoms with Gasteiger partial charge in [0.15, 0.2) is 0 Å². The molecule has 7 nitrogen and oxygen atoms in total. The summed E-state index contributed by atoms with van der Waals surface area (Å²) in [6.07, 6.45) is 18.9. The fourth-order valence-electron chi connectivity index (χ4n) is 3.64. The predicted octanol–water partition coefficient (Wildman–Crippen LogP) is 5.25. The van der Waals surface area contributed by atoms with Gasteiger partial charge in [-0.05, 0) is 38.0 Å². The van der Waals surface area contributed by atoms with Gasteiger partial charge in [-0.1, -0.05) is 57.6 Å². The predicted molar refractivity (Wildman–Crippen MR) is 119 cm³/mol. The van der Waals surface area contributed by atoms with Crippen LogP contribution >= 0.6 is 0 Å². The van der Waals surface area contributed by atoms with E-state index in [4.69, 9.17) is 15.3 Å². The van der Waals surface area contributed by atoms with E-state index < -0.39 is 17.9 Å². The summed E-state index contributed by atoms with van der Waals surface area (Å²) in [5.41, 5.74) is 0. The summed E-state index contributed by atoms with van der Waals surface area (Å²) in [5.74, 6) is -2.11. The topological polar surface area (TPSA) is 129 Å². The Morgan fingerprint density at radius 1 is 0.903 bits per heavy atom. The van der Waals surface area contributed by atoms with E-state index in [1.807, 2.05) is 0 Å². The van der Waals surface area contributed by atoms with E-state index in [0.29, 0.717) is 23.9 Å². The van der Waals surface area contributed by atoms with Crippen LogP contribution in [0.2, 0.25) is 0 Å². The van der Waals surface area contributed by atoms with Crippen LogP contribution in [-0.4, -0.2) is 39.0 Å². The molecule has 0 amide bonds. The molecule has 0 saturated heterocycles. The molecule has 176 valence electrons. The zero-order valence-electron chi connectivity index (χ0n) is 18.6. The minimum Gasteiger partial charge on any atom is -0.481 e. The van der Waals surface area contributed by atoms with Crippen LogP contribution in [0, 0.1) is 11.8 Å². The maximum Gasteiger partial charge on any atom is 0.328 e. The van der Waals surface area contributed by atoms with Crippen molar-refractivity contribution in [3.8, 4) is 0 Å². The number of carbonyl (C=O) groups excluding carboxylic acids is 1. The fraction of sp³-hybridized carbons (Fsp3) is 0.667. The minimum absolute atomic E-state index is 0.223. The molecule has 1 rings (SSSR count). The molecule has 0 radical (unpaired) electrons. The molecule has 3 N–H and O–H groups in total. The molecule has 2 atom stereocenters. The van der Waals surface area contributed by atoms with Gasteiger partial charge >= 0.3 is 17.9 Å². The van der Waals surface area contributed by atoms with Crippen molar-refractivity contribution in [3.63, 3.8) is 0 Å². The van der Waals surface area contributed by atoms with E-state index >= 15 is 0 Å². The van der Waals surface area contributed by atoms with Crippen molar-refractivity contribution in [1.29, 1.82) is 0 Å². The van der Waals surface area contributed by atoms with E-state index in [9.17, 15) is 19.2 Å². The standard InChI is InChI=1S/C20H34O3.C4H4O4/c1-2-3-4-5-6-9-12-17-15-16-19(21)18(17)13-10-7-8-11-14-20(22)23;5-3(6)1-2-4(7)8/h9,12,17-18H,2-8,10-11,13-16H2,1H3,(H,22,23);1-2H,(H,5,6)(H,7,8)/b;2-1-/t17-,18+;/m0./s1. The van der Waals surface area contributed by atoms with Gasteiger partial charge in [-0.15, -0.1) is 0 Å². The molecule has 1 fully saturated rings. The van der Waals surface area contributed by atoms with E-state index in [1.165, 1.54) is 25.7 Å². The van der Waals surface area contributed by atoms with Crippen molar-refractivity contribution in [2.75, 3.05) is 0 Å². The van der Waals surface area contributed by atoms with Crippen LogP contribution in [0.3, 0.4) is 0 Å². The number of hydrogen-bond acceptors (Lipinski definition) is 4. The maximum absolute atomic E-state index is 12.1. The number of allylic oxidation sites excluding steroid dienone is 2. The van der Waals surface area contributed by atoms with E-state index in [1.54, 1.807) is 0 Å². The average Bonchev–Trinajstić information content (AvgIpc) is 3.05. The van der Waals surface area contributed by atoms with Crippen molar-refractivity contribution in [2.24, 2.45) is 11.8 Å². The van der Waals surface area contributed by atoms with Crippen molar-refractivity contribution in [2.45, 2.75) is 90.4 Å². The third-order valence-electron chi connectivity index (χ3n) is 5.29. The van der Waals surface area contributed by atoms with Crippen molar-refractivity contribution in [3.05, 3.63) is 24.3 Å². The highest BCUT2D eigenvalue weighted by molar-refractivity contribution is 5.89. The van der Waals surface area contributed by atoms with E-state index in [0.717, 1.165) is 51.4 Å². The molecule has 7 heteroatoms. The molecule has 0 unspecified atom stereocenters. The highest BCUT2D eigenvalue weighted by Gasteiger charge is 2.31. The first-order valence-corrected chi connectivity index (χ1v) is 11.3. The Kier molecular flexibility index (Phi) is 16.9. The Hall–Kier alpha value is -2.44. The molecular weight excluding hydrogens is 400 g/mol. The molecule has 31 heavy (non-hydrogen) atoms. The largest absolute Gasteiger partial charge is 0.481 e. The summed E-state index contributed by atoms with van der Waals surface area (Å²) in [5, 5.41) is 24.2. The van der Waals surface area contributed by atoms with Gasteiger partial charge in [-0.3, -0.25) is 9.59 Å². The zero-order valence-corrected chi connectivity index (χ0v) is 18.6.